The van der Waals surface area contributed by atoms with Gasteiger partial charge in [-0.2, -0.15) is 12.6 Å². The van der Waals surface area contributed by atoms with E-state index in [1.54, 1.807) is 25.3 Å². The molecule has 1 aromatic rings. The summed E-state index contributed by atoms with van der Waals surface area (Å²) < 4.78 is 5.04. The number of methoxy groups -OCH3 is 1. The summed E-state index contributed by atoms with van der Waals surface area (Å²) in [5.41, 5.74) is 0.773. The molecule has 0 amide bonds. The van der Waals surface area contributed by atoms with Crippen LogP contribution in [-0.2, 0) is 0 Å². The molecule has 0 aliphatic carbocycles. The van der Waals surface area contributed by atoms with Gasteiger partial charge in [-0.15, -0.1) is 0 Å². The van der Waals surface area contributed by atoms with E-state index in [-0.39, 0.29) is 0 Å². The minimum absolute atomic E-state index is 0.521. The normalized spacial score (nSPS) is 8.85. The summed E-state index contributed by atoms with van der Waals surface area (Å²) in [7, 11) is 1.61. The zero-order chi connectivity index (χ0) is 9.68. The first-order valence-corrected chi connectivity index (χ1v) is 4.72. The topological polar surface area (TPSA) is 9.23 Å². The Labute approximate surface area is 88.5 Å². The Morgan fingerprint density at radius 3 is 2.92 bits per heavy atom. The van der Waals surface area contributed by atoms with Crippen LogP contribution in [0.5, 0.6) is 5.75 Å². The zero-order valence-corrected chi connectivity index (χ0v) is 8.82. The van der Waals surface area contributed by atoms with Gasteiger partial charge in [-0.05, 0) is 18.2 Å². The minimum atomic E-state index is 0.521. The molecule has 0 bridgehead atoms. The summed E-state index contributed by atoms with van der Waals surface area (Å²) >= 11 is 9.89. The summed E-state index contributed by atoms with van der Waals surface area (Å²) in [6.07, 6.45) is 0. The second-order valence-electron chi connectivity index (χ2n) is 2.31. The van der Waals surface area contributed by atoms with Crippen LogP contribution in [0.2, 0.25) is 5.02 Å². The van der Waals surface area contributed by atoms with Gasteiger partial charge in [0.25, 0.3) is 0 Å². The molecule has 0 aromatic heterocycles. The van der Waals surface area contributed by atoms with Gasteiger partial charge in [0, 0.05) is 5.56 Å². The fourth-order valence-electron chi connectivity index (χ4n) is 0.862. The van der Waals surface area contributed by atoms with Crippen LogP contribution in [0.25, 0.3) is 0 Å². The first-order valence-electron chi connectivity index (χ1n) is 3.71. The molecule has 0 aliphatic heterocycles. The molecule has 0 aliphatic rings. The molecule has 0 N–H and O–H groups in total. The average molecular weight is 213 g/mol. The third-order valence-corrected chi connectivity index (χ3v) is 1.96. The lowest BCUT2D eigenvalue weighted by Crippen LogP contribution is -1.84. The van der Waals surface area contributed by atoms with E-state index in [9.17, 15) is 0 Å². The van der Waals surface area contributed by atoms with Crippen molar-refractivity contribution < 1.29 is 4.74 Å². The van der Waals surface area contributed by atoms with Crippen LogP contribution in [0.15, 0.2) is 18.2 Å². The van der Waals surface area contributed by atoms with Crippen molar-refractivity contribution in [1.29, 1.82) is 0 Å². The predicted octanol–water partition coefficient (Wildman–Crippen LogP) is 2.63. The van der Waals surface area contributed by atoms with E-state index < -0.39 is 0 Å². The third-order valence-electron chi connectivity index (χ3n) is 1.48. The Bertz CT molecular complexity index is 352. The fraction of sp³-hybridized carbons (Fsp3) is 0.200. The van der Waals surface area contributed by atoms with E-state index in [0.29, 0.717) is 10.8 Å². The second kappa shape index (κ2) is 5.06. The van der Waals surface area contributed by atoms with E-state index in [2.05, 4.69) is 24.5 Å². The zero-order valence-electron chi connectivity index (χ0n) is 7.17. The summed E-state index contributed by atoms with van der Waals surface area (Å²) in [5.74, 6) is 7.01. The highest BCUT2D eigenvalue weighted by Crippen LogP contribution is 2.20. The molecule has 0 saturated heterocycles. The van der Waals surface area contributed by atoms with Crippen LogP contribution in [0.1, 0.15) is 5.56 Å². The molecule has 0 fully saturated rings. The summed E-state index contributed by atoms with van der Waals surface area (Å²) in [6, 6.07) is 5.37. The Morgan fingerprint density at radius 1 is 1.54 bits per heavy atom. The van der Waals surface area contributed by atoms with Crippen molar-refractivity contribution in [1.82, 2.24) is 0 Å². The van der Waals surface area contributed by atoms with E-state index >= 15 is 0 Å². The largest absolute Gasteiger partial charge is 0.497 e. The molecule has 0 spiro atoms. The van der Waals surface area contributed by atoms with Crippen molar-refractivity contribution in [3.05, 3.63) is 28.8 Å². The van der Waals surface area contributed by atoms with Gasteiger partial charge < -0.3 is 4.74 Å². The number of thiol groups is 1. The first kappa shape index (κ1) is 10.3. The second-order valence-corrected chi connectivity index (χ2v) is 3.03. The average Bonchev–Trinajstić information content (AvgIpc) is 2.17. The lowest BCUT2D eigenvalue weighted by atomic mass is 10.2. The van der Waals surface area contributed by atoms with Gasteiger partial charge in [0.2, 0.25) is 0 Å². The van der Waals surface area contributed by atoms with Gasteiger partial charge in [-0.3, -0.25) is 0 Å². The van der Waals surface area contributed by atoms with Crippen LogP contribution < -0.4 is 4.74 Å². The number of benzene rings is 1. The Morgan fingerprint density at radius 2 is 2.31 bits per heavy atom. The molecular formula is C10H9ClOS. The minimum Gasteiger partial charge on any atom is -0.497 e. The number of hydrogen-bond donors (Lipinski definition) is 1. The monoisotopic (exact) mass is 212 g/mol. The predicted molar refractivity (Wildman–Crippen MR) is 58.7 cm³/mol. The lowest BCUT2D eigenvalue weighted by molar-refractivity contribution is 0.414. The van der Waals surface area contributed by atoms with Crippen LogP contribution >= 0.6 is 24.2 Å². The smallest absolute Gasteiger partial charge is 0.120 e. The molecule has 0 saturated carbocycles. The summed E-state index contributed by atoms with van der Waals surface area (Å²) in [5, 5.41) is 0.634. The maximum absolute atomic E-state index is 5.91. The van der Waals surface area contributed by atoms with Gasteiger partial charge in [-0.25, -0.2) is 0 Å². The summed E-state index contributed by atoms with van der Waals surface area (Å²) in [6.45, 7) is 0. The van der Waals surface area contributed by atoms with Gasteiger partial charge in [0.05, 0.1) is 17.9 Å². The van der Waals surface area contributed by atoms with E-state index in [0.717, 1.165) is 11.3 Å². The van der Waals surface area contributed by atoms with E-state index in [1.165, 1.54) is 0 Å². The molecule has 68 valence electrons. The van der Waals surface area contributed by atoms with Crippen molar-refractivity contribution in [3.8, 4) is 17.6 Å². The van der Waals surface area contributed by atoms with Crippen LogP contribution in [0.4, 0.5) is 0 Å². The van der Waals surface area contributed by atoms with Gasteiger partial charge in [0.15, 0.2) is 0 Å². The van der Waals surface area contributed by atoms with Crippen molar-refractivity contribution in [3.63, 3.8) is 0 Å². The Balaban J connectivity index is 3.04. The Kier molecular flexibility index (Phi) is 4.01. The van der Waals surface area contributed by atoms with Crippen molar-refractivity contribution >= 4 is 24.2 Å². The maximum Gasteiger partial charge on any atom is 0.120 e. The molecule has 0 heterocycles. The molecule has 1 rings (SSSR count). The molecule has 0 atom stereocenters. The lowest BCUT2D eigenvalue weighted by Gasteiger charge is -2.00. The number of hydrogen-bond acceptors (Lipinski definition) is 2. The highest BCUT2D eigenvalue weighted by molar-refractivity contribution is 7.80. The van der Waals surface area contributed by atoms with Crippen LogP contribution in [0.3, 0.4) is 0 Å². The van der Waals surface area contributed by atoms with Crippen LogP contribution in [0, 0.1) is 11.8 Å². The summed E-state index contributed by atoms with van der Waals surface area (Å²) in [4.78, 5) is 0. The van der Waals surface area contributed by atoms with Crippen LogP contribution in [-0.4, -0.2) is 12.9 Å². The van der Waals surface area contributed by atoms with E-state index in [4.69, 9.17) is 16.3 Å². The molecule has 13 heavy (non-hydrogen) atoms. The molecule has 1 nitrogen and oxygen atoms in total. The number of rotatable bonds is 1. The quantitative estimate of drug-likeness (QED) is 0.556. The van der Waals surface area contributed by atoms with Crippen molar-refractivity contribution in [2.45, 2.75) is 0 Å². The highest BCUT2D eigenvalue weighted by atomic mass is 35.5. The molecule has 3 heteroatoms. The molecule has 0 unspecified atom stereocenters. The SMILES string of the molecule is COc1ccc(Cl)c(C#CCS)c1. The maximum atomic E-state index is 5.91. The third kappa shape index (κ3) is 2.87. The van der Waals surface area contributed by atoms with Gasteiger partial charge in [-0.1, -0.05) is 23.4 Å². The Hall–Kier alpha value is -0.780. The van der Waals surface area contributed by atoms with E-state index in [1.807, 2.05) is 0 Å². The number of halogens is 1. The standard InChI is InChI=1S/C10H9ClOS/c1-12-9-4-5-10(11)8(7-9)3-2-6-13/h4-5,7,13H,6H2,1H3. The fourth-order valence-corrected chi connectivity index (χ4v) is 1.11. The first-order chi connectivity index (χ1) is 6.27. The van der Waals surface area contributed by atoms with Crippen molar-refractivity contribution in [2.75, 3.05) is 12.9 Å². The van der Waals surface area contributed by atoms with Crippen molar-refractivity contribution in [2.24, 2.45) is 0 Å². The molecule has 0 radical (unpaired) electrons. The molecule has 1 aromatic carbocycles. The number of ether oxygens (including phenoxy) is 1. The molecular weight excluding hydrogens is 204 g/mol. The highest BCUT2D eigenvalue weighted by Gasteiger charge is 1.98. The van der Waals surface area contributed by atoms with Gasteiger partial charge >= 0.3 is 0 Å². The van der Waals surface area contributed by atoms with Gasteiger partial charge in [0.1, 0.15) is 5.75 Å².